The highest BCUT2D eigenvalue weighted by Crippen LogP contribution is 2.28. The molecule has 0 spiro atoms. The van der Waals surface area contributed by atoms with E-state index in [1.807, 2.05) is 42.5 Å². The molecule has 1 unspecified atom stereocenters. The lowest BCUT2D eigenvalue weighted by Crippen LogP contribution is -2.16. The Kier molecular flexibility index (Phi) is 8.16. The van der Waals surface area contributed by atoms with Crippen molar-refractivity contribution >= 4 is 12.3 Å². The van der Waals surface area contributed by atoms with Gasteiger partial charge in [-0.2, -0.15) is 5.10 Å². The maximum atomic E-state index is 11.0. The van der Waals surface area contributed by atoms with Crippen LogP contribution in [0.5, 0.6) is 11.5 Å². The third-order valence-corrected chi connectivity index (χ3v) is 4.08. The van der Waals surface area contributed by atoms with Gasteiger partial charge in [0.1, 0.15) is 24.7 Å². The smallest absolute Gasteiger partial charge is 0.427 e. The van der Waals surface area contributed by atoms with Gasteiger partial charge < -0.3 is 14.2 Å². The standard InChI is InChI=1S/C21H26N2O4/c1-4-16(2)19-10-5-6-11-20(19)27-13-12-26-18-9-7-8-17(14-18)15-22-23-21(24)25-3/h5-11,14-16H,4,12-13H2,1-3H3,(H,23,24). The van der Waals surface area contributed by atoms with E-state index in [9.17, 15) is 4.79 Å². The summed E-state index contributed by atoms with van der Waals surface area (Å²) in [6, 6.07) is 15.5. The van der Waals surface area contributed by atoms with Crippen molar-refractivity contribution in [3.05, 3.63) is 59.7 Å². The first kappa shape index (κ1) is 20.3. The molecule has 144 valence electrons. The fourth-order valence-corrected chi connectivity index (χ4v) is 2.44. The van der Waals surface area contributed by atoms with Gasteiger partial charge in [0.2, 0.25) is 0 Å². The van der Waals surface area contributed by atoms with Crippen LogP contribution in [0.2, 0.25) is 0 Å². The highest BCUT2D eigenvalue weighted by Gasteiger charge is 2.09. The summed E-state index contributed by atoms with van der Waals surface area (Å²) in [6.45, 7) is 5.24. The number of rotatable bonds is 9. The van der Waals surface area contributed by atoms with Crippen LogP contribution in [0.4, 0.5) is 4.79 Å². The van der Waals surface area contributed by atoms with Gasteiger partial charge in [-0.1, -0.05) is 44.2 Å². The molecule has 1 amide bonds. The number of amides is 1. The summed E-state index contributed by atoms with van der Waals surface area (Å²) in [5, 5.41) is 3.79. The Morgan fingerprint density at radius 3 is 2.70 bits per heavy atom. The van der Waals surface area contributed by atoms with Crippen LogP contribution in [0.15, 0.2) is 53.6 Å². The molecule has 6 nitrogen and oxygen atoms in total. The van der Waals surface area contributed by atoms with E-state index in [0.717, 1.165) is 17.7 Å². The van der Waals surface area contributed by atoms with Crippen molar-refractivity contribution in [2.45, 2.75) is 26.2 Å². The van der Waals surface area contributed by atoms with Gasteiger partial charge in [0, 0.05) is 0 Å². The lowest BCUT2D eigenvalue weighted by molar-refractivity contribution is 0.171. The molecule has 0 saturated carbocycles. The maximum Gasteiger partial charge on any atom is 0.427 e. The molecule has 0 heterocycles. The van der Waals surface area contributed by atoms with Gasteiger partial charge >= 0.3 is 6.09 Å². The predicted octanol–water partition coefficient (Wildman–Crippen LogP) is 4.35. The molecule has 1 atom stereocenters. The van der Waals surface area contributed by atoms with Crippen molar-refractivity contribution in [1.82, 2.24) is 5.43 Å². The van der Waals surface area contributed by atoms with E-state index < -0.39 is 6.09 Å². The van der Waals surface area contributed by atoms with E-state index in [0.29, 0.717) is 24.9 Å². The van der Waals surface area contributed by atoms with Gasteiger partial charge in [-0.25, -0.2) is 10.2 Å². The fourth-order valence-electron chi connectivity index (χ4n) is 2.44. The van der Waals surface area contributed by atoms with Crippen LogP contribution in [0.3, 0.4) is 0 Å². The quantitative estimate of drug-likeness (QED) is 0.405. The number of benzene rings is 2. The number of methoxy groups -OCH3 is 1. The Morgan fingerprint density at radius 2 is 1.93 bits per heavy atom. The first-order valence-electron chi connectivity index (χ1n) is 8.95. The zero-order valence-corrected chi connectivity index (χ0v) is 16.0. The molecule has 2 aromatic carbocycles. The van der Waals surface area contributed by atoms with Crippen molar-refractivity contribution in [2.75, 3.05) is 20.3 Å². The van der Waals surface area contributed by atoms with Crippen LogP contribution in [0.1, 0.15) is 37.3 Å². The molecule has 0 bridgehead atoms. The number of para-hydroxylation sites is 1. The average Bonchev–Trinajstić information content (AvgIpc) is 2.71. The molecular formula is C21H26N2O4. The van der Waals surface area contributed by atoms with Gasteiger partial charge in [-0.3, -0.25) is 0 Å². The van der Waals surface area contributed by atoms with Crippen LogP contribution in [-0.2, 0) is 4.74 Å². The van der Waals surface area contributed by atoms with Crippen LogP contribution < -0.4 is 14.9 Å². The van der Waals surface area contributed by atoms with Crippen molar-refractivity contribution < 1.29 is 19.0 Å². The minimum atomic E-state index is -0.617. The molecule has 2 aromatic rings. The summed E-state index contributed by atoms with van der Waals surface area (Å²) in [7, 11) is 1.28. The maximum absolute atomic E-state index is 11.0. The molecule has 0 aliphatic carbocycles. The van der Waals surface area contributed by atoms with Gasteiger partial charge in [-0.05, 0) is 41.7 Å². The minimum absolute atomic E-state index is 0.426. The first-order valence-corrected chi connectivity index (χ1v) is 8.95. The number of hydrogen-bond donors (Lipinski definition) is 1. The summed E-state index contributed by atoms with van der Waals surface area (Å²) < 4.78 is 16.1. The number of nitrogens with zero attached hydrogens (tertiary/aromatic N) is 1. The molecule has 6 heteroatoms. The van der Waals surface area contributed by atoms with E-state index in [1.165, 1.54) is 18.9 Å². The normalized spacial score (nSPS) is 11.8. The van der Waals surface area contributed by atoms with Gasteiger partial charge in [-0.15, -0.1) is 0 Å². The summed E-state index contributed by atoms with van der Waals surface area (Å²) in [5.41, 5.74) is 4.25. The Hall–Kier alpha value is -3.02. The second-order valence-electron chi connectivity index (χ2n) is 5.98. The third-order valence-electron chi connectivity index (χ3n) is 4.08. The van der Waals surface area contributed by atoms with Crippen molar-refractivity contribution in [2.24, 2.45) is 5.10 Å². The average molecular weight is 370 g/mol. The number of carbonyl (C=O) groups is 1. The van der Waals surface area contributed by atoms with Crippen molar-refractivity contribution in [3.8, 4) is 11.5 Å². The molecule has 2 rings (SSSR count). The van der Waals surface area contributed by atoms with Crippen molar-refractivity contribution in [1.29, 1.82) is 0 Å². The lowest BCUT2D eigenvalue weighted by atomic mass is 9.98. The van der Waals surface area contributed by atoms with E-state index in [4.69, 9.17) is 9.47 Å². The predicted molar refractivity (Wildman–Crippen MR) is 106 cm³/mol. The highest BCUT2D eigenvalue weighted by atomic mass is 16.5. The van der Waals surface area contributed by atoms with Gasteiger partial charge in [0.05, 0.1) is 13.3 Å². The van der Waals surface area contributed by atoms with Gasteiger partial charge in [0.15, 0.2) is 0 Å². The molecule has 0 saturated heterocycles. The van der Waals surface area contributed by atoms with E-state index in [1.54, 1.807) is 0 Å². The van der Waals surface area contributed by atoms with Crippen LogP contribution in [0, 0.1) is 0 Å². The first-order chi connectivity index (χ1) is 13.1. The van der Waals surface area contributed by atoms with Crippen LogP contribution in [-0.4, -0.2) is 32.6 Å². The van der Waals surface area contributed by atoms with Crippen LogP contribution in [0.25, 0.3) is 0 Å². The van der Waals surface area contributed by atoms with Gasteiger partial charge in [0.25, 0.3) is 0 Å². The summed E-state index contributed by atoms with van der Waals surface area (Å²) in [5.74, 6) is 2.07. The molecule has 27 heavy (non-hydrogen) atoms. The topological polar surface area (TPSA) is 69.2 Å². The highest BCUT2D eigenvalue weighted by molar-refractivity contribution is 5.81. The lowest BCUT2D eigenvalue weighted by Gasteiger charge is -2.16. The molecule has 0 aliphatic rings. The second-order valence-corrected chi connectivity index (χ2v) is 5.98. The molecular weight excluding hydrogens is 344 g/mol. The Balaban J connectivity index is 1.84. The SMILES string of the molecule is CCC(C)c1ccccc1OCCOc1cccc(C=NNC(=O)OC)c1. The Labute approximate surface area is 160 Å². The molecule has 0 aliphatic heterocycles. The van der Waals surface area contributed by atoms with E-state index >= 15 is 0 Å². The van der Waals surface area contributed by atoms with Crippen molar-refractivity contribution in [3.63, 3.8) is 0 Å². The number of nitrogens with one attached hydrogen (secondary N) is 1. The zero-order valence-electron chi connectivity index (χ0n) is 16.0. The Bertz CT molecular complexity index is 761. The minimum Gasteiger partial charge on any atom is -0.490 e. The van der Waals surface area contributed by atoms with E-state index in [2.05, 4.69) is 35.2 Å². The Morgan fingerprint density at radius 1 is 1.15 bits per heavy atom. The van der Waals surface area contributed by atoms with Crippen LogP contribution >= 0.6 is 0 Å². The number of carbonyl (C=O) groups excluding carboxylic acids is 1. The molecule has 0 aromatic heterocycles. The molecule has 0 radical (unpaired) electrons. The largest absolute Gasteiger partial charge is 0.490 e. The second kappa shape index (κ2) is 10.9. The number of ether oxygens (including phenoxy) is 3. The summed E-state index contributed by atoms with van der Waals surface area (Å²) in [4.78, 5) is 11.0. The summed E-state index contributed by atoms with van der Waals surface area (Å²) >= 11 is 0. The molecule has 1 N–H and O–H groups in total. The zero-order chi connectivity index (χ0) is 19.5. The summed E-state index contributed by atoms with van der Waals surface area (Å²) in [6.07, 6.45) is 1.96. The number of hydrogen-bond acceptors (Lipinski definition) is 5. The van der Waals surface area contributed by atoms with E-state index in [-0.39, 0.29) is 0 Å². The fraction of sp³-hybridized carbons (Fsp3) is 0.333. The third kappa shape index (κ3) is 6.66. The monoisotopic (exact) mass is 370 g/mol. The number of hydrazone groups is 1. The molecule has 0 fully saturated rings.